The molecule has 82 valence electrons. The van der Waals surface area contributed by atoms with Gasteiger partial charge in [0.15, 0.2) is 10.3 Å². The third-order valence-electron chi connectivity index (χ3n) is 1.42. The van der Waals surface area contributed by atoms with E-state index in [1.807, 2.05) is 0 Å². The summed E-state index contributed by atoms with van der Waals surface area (Å²) in [6, 6.07) is 1.77. The van der Waals surface area contributed by atoms with Crippen molar-refractivity contribution in [1.29, 1.82) is 5.26 Å². The van der Waals surface area contributed by atoms with Crippen LogP contribution >= 0.6 is 22.9 Å². The second kappa shape index (κ2) is 4.70. The molecule has 0 saturated heterocycles. The van der Waals surface area contributed by atoms with Gasteiger partial charge in [-0.25, -0.2) is 13.8 Å². The van der Waals surface area contributed by atoms with E-state index in [0.717, 1.165) is 11.3 Å². The molecular weight excluding hydrogens is 248 g/mol. The molecule has 0 amide bonds. The Balaban J connectivity index is 2.63. The van der Waals surface area contributed by atoms with Crippen molar-refractivity contribution in [3.63, 3.8) is 0 Å². The largest absolute Gasteiger partial charge is 0.390 e. The first kappa shape index (κ1) is 12.1. The molecule has 0 aliphatic carbocycles. The Morgan fingerprint density at radius 1 is 1.67 bits per heavy atom. The molecule has 0 atom stereocenters. The Bertz CT molecular complexity index is 390. The summed E-state index contributed by atoms with van der Waals surface area (Å²) in [5.41, 5.74) is 0. The van der Waals surface area contributed by atoms with Crippen molar-refractivity contribution in [3.8, 4) is 6.07 Å². The highest BCUT2D eigenvalue weighted by Gasteiger charge is 2.27. The van der Waals surface area contributed by atoms with Gasteiger partial charge in [-0.05, 0) is 0 Å². The summed E-state index contributed by atoms with van der Waals surface area (Å²) in [6.45, 7) is -2.00. The number of aliphatic hydroxyl groups is 1. The summed E-state index contributed by atoms with van der Waals surface area (Å²) in [4.78, 5) is 3.81. The molecule has 8 heteroatoms. The first-order chi connectivity index (χ1) is 6.98. The first-order valence-electron chi connectivity index (χ1n) is 3.77. The molecule has 2 N–H and O–H groups in total. The van der Waals surface area contributed by atoms with E-state index in [2.05, 4.69) is 10.3 Å². The van der Waals surface area contributed by atoms with E-state index in [4.69, 9.17) is 22.0 Å². The monoisotopic (exact) mass is 253 g/mol. The SMILES string of the molecule is N#Cc1sc(NCC(F)(F)CO)nc1Cl. The molecule has 0 radical (unpaired) electrons. The lowest BCUT2D eigenvalue weighted by molar-refractivity contribution is -0.0372. The Labute approximate surface area is 93.1 Å². The number of rotatable bonds is 4. The van der Waals surface area contributed by atoms with Crippen LogP contribution in [0.2, 0.25) is 5.15 Å². The molecule has 0 aromatic carbocycles. The maximum atomic E-state index is 12.6. The van der Waals surface area contributed by atoms with Crippen molar-refractivity contribution in [2.45, 2.75) is 5.92 Å². The van der Waals surface area contributed by atoms with E-state index in [1.165, 1.54) is 0 Å². The number of hydrogen-bond acceptors (Lipinski definition) is 5. The Morgan fingerprint density at radius 3 is 2.80 bits per heavy atom. The highest BCUT2D eigenvalue weighted by Crippen LogP contribution is 2.26. The molecule has 0 saturated carbocycles. The van der Waals surface area contributed by atoms with Crippen LogP contribution in [0.1, 0.15) is 4.88 Å². The molecule has 1 aromatic rings. The molecule has 0 fully saturated rings. The summed E-state index contributed by atoms with van der Waals surface area (Å²) < 4.78 is 25.2. The van der Waals surface area contributed by atoms with E-state index in [-0.39, 0.29) is 15.2 Å². The number of thiazole rings is 1. The molecule has 0 aliphatic heterocycles. The zero-order chi connectivity index (χ0) is 11.5. The van der Waals surface area contributed by atoms with Crippen LogP contribution in [0.4, 0.5) is 13.9 Å². The maximum absolute atomic E-state index is 12.6. The summed E-state index contributed by atoms with van der Waals surface area (Å²) in [6.07, 6.45) is 0. The number of aliphatic hydroxyl groups excluding tert-OH is 1. The molecule has 4 nitrogen and oxygen atoms in total. The van der Waals surface area contributed by atoms with Gasteiger partial charge in [-0.15, -0.1) is 0 Å². The fraction of sp³-hybridized carbons (Fsp3) is 0.429. The van der Waals surface area contributed by atoms with Crippen LogP contribution in [0.3, 0.4) is 0 Å². The van der Waals surface area contributed by atoms with Crippen molar-refractivity contribution in [1.82, 2.24) is 4.98 Å². The number of anilines is 1. The number of aromatic nitrogens is 1. The molecule has 0 unspecified atom stereocenters. The fourth-order valence-corrected chi connectivity index (χ4v) is 1.65. The van der Waals surface area contributed by atoms with Gasteiger partial charge in [0.05, 0.1) is 6.54 Å². The predicted octanol–water partition coefficient (Wildman–Crippen LogP) is 1.71. The summed E-state index contributed by atoms with van der Waals surface area (Å²) >= 11 is 6.41. The average Bonchev–Trinajstić information content (AvgIpc) is 2.56. The number of nitrogens with one attached hydrogen (secondary N) is 1. The van der Waals surface area contributed by atoms with Crippen molar-refractivity contribution in [3.05, 3.63) is 10.0 Å². The summed E-state index contributed by atoms with van der Waals surface area (Å²) in [5.74, 6) is -3.22. The zero-order valence-corrected chi connectivity index (χ0v) is 8.87. The van der Waals surface area contributed by atoms with Gasteiger partial charge in [0.1, 0.15) is 17.6 Å². The van der Waals surface area contributed by atoms with Gasteiger partial charge in [0.25, 0.3) is 5.92 Å². The molecule has 0 bridgehead atoms. The Hall–Kier alpha value is -0.970. The summed E-state index contributed by atoms with van der Waals surface area (Å²) in [5, 5.41) is 19.2. The van der Waals surface area contributed by atoms with Crippen molar-refractivity contribution in [2.75, 3.05) is 18.5 Å². The van der Waals surface area contributed by atoms with Gasteiger partial charge < -0.3 is 10.4 Å². The zero-order valence-electron chi connectivity index (χ0n) is 7.30. The van der Waals surface area contributed by atoms with Crippen LogP contribution in [0, 0.1) is 11.3 Å². The van der Waals surface area contributed by atoms with Crippen molar-refractivity contribution in [2.24, 2.45) is 0 Å². The van der Waals surface area contributed by atoms with Crippen molar-refractivity contribution >= 4 is 28.1 Å². The van der Waals surface area contributed by atoms with E-state index in [0.29, 0.717) is 0 Å². The van der Waals surface area contributed by atoms with Gasteiger partial charge in [0, 0.05) is 0 Å². The number of alkyl halides is 2. The number of hydrogen-bond donors (Lipinski definition) is 2. The van der Waals surface area contributed by atoms with Crippen LogP contribution < -0.4 is 5.32 Å². The third-order valence-corrected chi connectivity index (χ3v) is 2.72. The van der Waals surface area contributed by atoms with Crippen LogP contribution in [-0.4, -0.2) is 29.2 Å². The lowest BCUT2D eigenvalue weighted by atomic mass is 10.4. The number of nitrogens with zero attached hydrogens (tertiary/aromatic N) is 2. The molecular formula is C7H6ClF2N3OS. The van der Waals surface area contributed by atoms with Gasteiger partial charge in [0.2, 0.25) is 0 Å². The Kier molecular flexibility index (Phi) is 3.79. The van der Waals surface area contributed by atoms with E-state index in [1.54, 1.807) is 6.07 Å². The molecule has 1 rings (SSSR count). The maximum Gasteiger partial charge on any atom is 0.287 e. The number of nitriles is 1. The molecule has 15 heavy (non-hydrogen) atoms. The van der Waals surface area contributed by atoms with Crippen LogP contribution in [0.25, 0.3) is 0 Å². The molecule has 1 heterocycles. The van der Waals surface area contributed by atoms with E-state index in [9.17, 15) is 8.78 Å². The standard InChI is InChI=1S/C7H6ClF2N3OS/c8-5-4(1-11)15-6(13-5)12-2-7(9,10)3-14/h14H,2-3H2,(H,12,13). The minimum absolute atomic E-state index is 0.0164. The predicted molar refractivity (Wildman–Crippen MR) is 52.4 cm³/mol. The number of halogens is 3. The van der Waals surface area contributed by atoms with Crippen LogP contribution in [0.15, 0.2) is 0 Å². The normalized spacial score (nSPS) is 11.1. The second-order valence-electron chi connectivity index (χ2n) is 2.62. The minimum Gasteiger partial charge on any atom is -0.390 e. The van der Waals surface area contributed by atoms with Crippen LogP contribution in [-0.2, 0) is 0 Å². The third kappa shape index (κ3) is 3.27. The Morgan fingerprint density at radius 2 is 2.33 bits per heavy atom. The topological polar surface area (TPSA) is 68.9 Å². The quantitative estimate of drug-likeness (QED) is 0.857. The molecule has 0 spiro atoms. The van der Waals surface area contributed by atoms with Gasteiger partial charge in [-0.3, -0.25) is 0 Å². The molecule has 0 aliphatic rings. The first-order valence-corrected chi connectivity index (χ1v) is 4.97. The van der Waals surface area contributed by atoms with E-state index < -0.39 is 19.1 Å². The highest BCUT2D eigenvalue weighted by atomic mass is 35.5. The molecule has 1 aromatic heterocycles. The van der Waals surface area contributed by atoms with E-state index >= 15 is 0 Å². The lowest BCUT2D eigenvalue weighted by Gasteiger charge is -2.12. The van der Waals surface area contributed by atoms with Crippen LogP contribution in [0.5, 0.6) is 0 Å². The second-order valence-corrected chi connectivity index (χ2v) is 3.98. The van der Waals surface area contributed by atoms with Crippen molar-refractivity contribution < 1.29 is 13.9 Å². The smallest absolute Gasteiger partial charge is 0.287 e. The summed E-state index contributed by atoms with van der Waals surface area (Å²) in [7, 11) is 0. The fourth-order valence-electron chi connectivity index (χ4n) is 0.707. The lowest BCUT2D eigenvalue weighted by Crippen LogP contribution is -2.30. The van der Waals surface area contributed by atoms with Gasteiger partial charge >= 0.3 is 0 Å². The average molecular weight is 254 g/mol. The highest BCUT2D eigenvalue weighted by molar-refractivity contribution is 7.16. The van der Waals surface area contributed by atoms with Gasteiger partial charge in [-0.2, -0.15) is 5.26 Å². The van der Waals surface area contributed by atoms with Gasteiger partial charge in [-0.1, -0.05) is 22.9 Å². The minimum atomic E-state index is -3.22.